The summed E-state index contributed by atoms with van der Waals surface area (Å²) >= 11 is 0. The smallest absolute Gasteiger partial charge is 0.307 e. The summed E-state index contributed by atoms with van der Waals surface area (Å²) in [6.07, 6.45) is 4.97. The molecule has 0 aromatic heterocycles. The molecule has 0 N–H and O–H groups in total. The molecular weight excluding hydrogens is 242 g/mol. The lowest BCUT2D eigenvalue weighted by atomic mass is 9.76. The Kier molecular flexibility index (Phi) is 6.80. The van der Waals surface area contributed by atoms with E-state index in [-0.39, 0.29) is 17.6 Å². The van der Waals surface area contributed by atoms with Crippen molar-refractivity contribution in [2.24, 2.45) is 0 Å². The molecule has 1 saturated carbocycles. The molecule has 112 valence electrons. The van der Waals surface area contributed by atoms with E-state index in [1.54, 1.807) is 7.11 Å². The molecule has 4 heteroatoms. The number of methoxy groups -OCH3 is 1. The van der Waals surface area contributed by atoms with Crippen LogP contribution in [0, 0.1) is 0 Å². The van der Waals surface area contributed by atoms with E-state index in [1.807, 2.05) is 6.92 Å². The van der Waals surface area contributed by atoms with Crippen LogP contribution in [0.4, 0.5) is 0 Å². The van der Waals surface area contributed by atoms with E-state index in [9.17, 15) is 4.79 Å². The Morgan fingerprint density at radius 2 is 2.00 bits per heavy atom. The second-order valence-electron chi connectivity index (χ2n) is 5.33. The zero-order valence-corrected chi connectivity index (χ0v) is 12.9. The second-order valence-corrected chi connectivity index (χ2v) is 5.33. The molecule has 0 aromatic rings. The van der Waals surface area contributed by atoms with Crippen molar-refractivity contribution < 1.29 is 14.3 Å². The van der Waals surface area contributed by atoms with E-state index >= 15 is 0 Å². The molecule has 0 heterocycles. The molecule has 4 nitrogen and oxygen atoms in total. The molecule has 0 amide bonds. The molecule has 0 aromatic carbocycles. The van der Waals surface area contributed by atoms with E-state index in [2.05, 4.69) is 18.7 Å². The van der Waals surface area contributed by atoms with E-state index in [4.69, 9.17) is 9.47 Å². The zero-order valence-electron chi connectivity index (χ0n) is 12.9. The summed E-state index contributed by atoms with van der Waals surface area (Å²) in [6.45, 7) is 8.57. The van der Waals surface area contributed by atoms with Gasteiger partial charge in [0.25, 0.3) is 0 Å². The predicted octanol–water partition coefficient (Wildman–Crippen LogP) is 2.61. The van der Waals surface area contributed by atoms with E-state index < -0.39 is 0 Å². The van der Waals surface area contributed by atoms with Gasteiger partial charge in [-0.3, -0.25) is 9.69 Å². The Bertz CT molecular complexity index is 279. The molecule has 1 fully saturated rings. The lowest BCUT2D eigenvalue weighted by Crippen LogP contribution is -2.54. The maximum Gasteiger partial charge on any atom is 0.307 e. The predicted molar refractivity (Wildman–Crippen MR) is 76.2 cm³/mol. The van der Waals surface area contributed by atoms with Crippen molar-refractivity contribution in [1.82, 2.24) is 4.90 Å². The number of hydrogen-bond acceptors (Lipinski definition) is 4. The van der Waals surface area contributed by atoms with Crippen molar-refractivity contribution in [3.63, 3.8) is 0 Å². The van der Waals surface area contributed by atoms with Crippen molar-refractivity contribution >= 4 is 5.97 Å². The minimum Gasteiger partial charge on any atom is -0.466 e. The summed E-state index contributed by atoms with van der Waals surface area (Å²) in [7, 11) is 1.77. The number of esters is 1. The molecule has 0 saturated heterocycles. The van der Waals surface area contributed by atoms with Gasteiger partial charge in [0.1, 0.15) is 0 Å². The highest BCUT2D eigenvalue weighted by Gasteiger charge is 2.42. The number of hydrogen-bond donors (Lipinski definition) is 0. The van der Waals surface area contributed by atoms with Gasteiger partial charge in [0.2, 0.25) is 0 Å². The number of nitrogens with zero attached hydrogens (tertiary/aromatic N) is 1. The molecule has 0 spiro atoms. The summed E-state index contributed by atoms with van der Waals surface area (Å²) in [5.41, 5.74) is -0.0747. The molecule has 19 heavy (non-hydrogen) atoms. The minimum absolute atomic E-state index is 0.0747. The average Bonchev–Trinajstić information content (AvgIpc) is 2.40. The maximum absolute atomic E-state index is 12.0. The Morgan fingerprint density at radius 3 is 2.53 bits per heavy atom. The van der Waals surface area contributed by atoms with Gasteiger partial charge in [0.05, 0.1) is 19.1 Å². The van der Waals surface area contributed by atoms with Crippen LogP contribution in [0.5, 0.6) is 0 Å². The Morgan fingerprint density at radius 1 is 1.32 bits per heavy atom. The normalized spacial score (nSPS) is 27.5. The maximum atomic E-state index is 12.0. The molecule has 0 aliphatic heterocycles. The zero-order chi connectivity index (χ0) is 14.3. The highest BCUT2D eigenvalue weighted by Crippen LogP contribution is 2.37. The first kappa shape index (κ1) is 16.4. The van der Waals surface area contributed by atoms with Gasteiger partial charge < -0.3 is 9.47 Å². The lowest BCUT2D eigenvalue weighted by molar-refractivity contribution is -0.148. The third-order valence-corrected chi connectivity index (χ3v) is 4.32. The van der Waals surface area contributed by atoms with E-state index in [0.717, 1.165) is 38.8 Å². The first-order valence-corrected chi connectivity index (χ1v) is 7.55. The highest BCUT2D eigenvalue weighted by atomic mass is 16.5. The monoisotopic (exact) mass is 271 g/mol. The fourth-order valence-electron chi connectivity index (χ4n) is 3.42. The molecule has 0 bridgehead atoms. The highest BCUT2D eigenvalue weighted by molar-refractivity contribution is 5.71. The van der Waals surface area contributed by atoms with Gasteiger partial charge in [-0.1, -0.05) is 13.8 Å². The lowest BCUT2D eigenvalue weighted by Gasteiger charge is -2.47. The van der Waals surface area contributed by atoms with Crippen molar-refractivity contribution in [3.8, 4) is 0 Å². The fourth-order valence-corrected chi connectivity index (χ4v) is 3.42. The Hall–Kier alpha value is -0.610. The largest absolute Gasteiger partial charge is 0.466 e. The third-order valence-electron chi connectivity index (χ3n) is 4.32. The summed E-state index contributed by atoms with van der Waals surface area (Å²) in [6, 6.07) is 0. The van der Waals surface area contributed by atoms with Crippen molar-refractivity contribution in [2.45, 2.75) is 64.5 Å². The van der Waals surface area contributed by atoms with Crippen molar-refractivity contribution in [1.29, 1.82) is 0 Å². The van der Waals surface area contributed by atoms with Gasteiger partial charge in [-0.25, -0.2) is 0 Å². The van der Waals surface area contributed by atoms with Gasteiger partial charge in [-0.15, -0.1) is 0 Å². The van der Waals surface area contributed by atoms with E-state index in [0.29, 0.717) is 13.0 Å². The fraction of sp³-hybridized carbons (Fsp3) is 0.933. The average molecular weight is 271 g/mol. The molecule has 1 aliphatic rings. The third kappa shape index (κ3) is 4.18. The molecular formula is C15H29NO3. The number of rotatable bonds is 7. The Balaban J connectivity index is 2.85. The minimum atomic E-state index is -0.0776. The number of carbonyl (C=O) groups excluding carboxylic acids is 1. The van der Waals surface area contributed by atoms with Crippen molar-refractivity contribution in [2.75, 3.05) is 26.8 Å². The SMILES string of the molecule is CCOC(=O)CC1(N(CC)CC)CCCC(OC)C1. The van der Waals surface area contributed by atoms with Crippen LogP contribution in [-0.2, 0) is 14.3 Å². The van der Waals surface area contributed by atoms with Gasteiger partial charge >= 0.3 is 5.97 Å². The number of ether oxygens (including phenoxy) is 2. The first-order chi connectivity index (χ1) is 9.11. The van der Waals surface area contributed by atoms with Crippen LogP contribution in [-0.4, -0.2) is 49.3 Å². The van der Waals surface area contributed by atoms with Crippen LogP contribution in [0.3, 0.4) is 0 Å². The van der Waals surface area contributed by atoms with Crippen LogP contribution in [0.1, 0.15) is 52.9 Å². The standard InChI is InChI=1S/C15H29NO3/c1-5-16(6-2)15(12-14(17)19-7-3)10-8-9-13(11-15)18-4/h13H,5-12H2,1-4H3. The van der Waals surface area contributed by atoms with Gasteiger partial charge in [0.15, 0.2) is 0 Å². The summed E-state index contributed by atoms with van der Waals surface area (Å²) < 4.78 is 10.7. The van der Waals surface area contributed by atoms with Gasteiger partial charge in [-0.2, -0.15) is 0 Å². The quantitative estimate of drug-likeness (QED) is 0.667. The van der Waals surface area contributed by atoms with Gasteiger partial charge in [0, 0.05) is 12.6 Å². The van der Waals surface area contributed by atoms with Crippen LogP contribution in [0.25, 0.3) is 0 Å². The van der Waals surface area contributed by atoms with Crippen LogP contribution in [0.15, 0.2) is 0 Å². The second kappa shape index (κ2) is 7.85. The molecule has 0 radical (unpaired) electrons. The topological polar surface area (TPSA) is 38.8 Å². The summed E-state index contributed by atoms with van der Waals surface area (Å²) in [5.74, 6) is -0.0776. The van der Waals surface area contributed by atoms with Gasteiger partial charge in [-0.05, 0) is 45.7 Å². The van der Waals surface area contributed by atoms with Crippen LogP contribution >= 0.6 is 0 Å². The summed E-state index contributed by atoms with van der Waals surface area (Å²) in [5, 5.41) is 0. The first-order valence-electron chi connectivity index (χ1n) is 7.55. The number of carbonyl (C=O) groups is 1. The molecule has 1 rings (SSSR count). The molecule has 1 aliphatic carbocycles. The molecule has 2 unspecified atom stereocenters. The van der Waals surface area contributed by atoms with Crippen molar-refractivity contribution in [3.05, 3.63) is 0 Å². The molecule has 2 atom stereocenters. The van der Waals surface area contributed by atoms with E-state index in [1.165, 1.54) is 0 Å². The summed E-state index contributed by atoms with van der Waals surface area (Å²) in [4.78, 5) is 14.4. The Labute approximate surface area is 117 Å². The van der Waals surface area contributed by atoms with Crippen LogP contribution < -0.4 is 0 Å². The van der Waals surface area contributed by atoms with Crippen LogP contribution in [0.2, 0.25) is 0 Å².